The van der Waals surface area contributed by atoms with Crippen LogP contribution in [0.4, 0.5) is 0 Å². The third kappa shape index (κ3) is 5.09. The van der Waals surface area contributed by atoms with Gasteiger partial charge < -0.3 is 23.9 Å². The molecule has 1 saturated heterocycles. The Morgan fingerprint density at radius 3 is 2.88 bits per heavy atom. The molecule has 6 nitrogen and oxygen atoms in total. The molecule has 0 spiro atoms. The quantitative estimate of drug-likeness (QED) is 0.734. The van der Waals surface area contributed by atoms with Gasteiger partial charge in [-0.3, -0.25) is 4.79 Å². The highest BCUT2D eigenvalue weighted by atomic mass is 16.5. The van der Waals surface area contributed by atoms with E-state index in [1.54, 1.807) is 12.1 Å². The summed E-state index contributed by atoms with van der Waals surface area (Å²) in [6, 6.07) is 12.9. The molecule has 2 heterocycles. The molecule has 1 fully saturated rings. The number of hydrogen-bond donors (Lipinski definition) is 1. The highest BCUT2D eigenvalue weighted by Crippen LogP contribution is 2.23. The number of morpholine rings is 1. The summed E-state index contributed by atoms with van der Waals surface area (Å²) in [6.07, 6.45) is 2.26. The highest BCUT2D eigenvalue weighted by molar-refractivity contribution is 5.76. The van der Waals surface area contributed by atoms with Gasteiger partial charge in [0.25, 0.3) is 0 Å². The van der Waals surface area contributed by atoms with E-state index < -0.39 is 6.10 Å². The highest BCUT2D eigenvalue weighted by Gasteiger charge is 2.29. The van der Waals surface area contributed by atoms with Crippen LogP contribution in [-0.4, -0.2) is 48.3 Å². The van der Waals surface area contributed by atoms with Crippen molar-refractivity contribution < 1.29 is 23.8 Å². The molecule has 2 atom stereocenters. The second kappa shape index (κ2) is 9.40. The van der Waals surface area contributed by atoms with E-state index in [1.807, 2.05) is 35.2 Å². The van der Waals surface area contributed by atoms with Crippen LogP contribution in [0.2, 0.25) is 0 Å². The van der Waals surface area contributed by atoms with Crippen LogP contribution in [0.1, 0.15) is 31.1 Å². The van der Waals surface area contributed by atoms with Gasteiger partial charge in [-0.25, -0.2) is 0 Å². The normalized spacial score (nSPS) is 18.5. The van der Waals surface area contributed by atoms with Crippen molar-refractivity contribution in [1.29, 1.82) is 0 Å². The molecule has 3 rings (SSSR count). The zero-order valence-corrected chi connectivity index (χ0v) is 14.8. The Morgan fingerprint density at radius 1 is 1.27 bits per heavy atom. The van der Waals surface area contributed by atoms with Crippen LogP contribution in [-0.2, 0) is 9.53 Å². The SMILES string of the molecule is O=C(CCCOc1ccccc1)N1CCOCC1CC(O)c1ccco1. The van der Waals surface area contributed by atoms with Crippen molar-refractivity contribution in [3.8, 4) is 5.75 Å². The number of ether oxygens (including phenoxy) is 2. The molecule has 2 aromatic rings. The molecule has 2 unspecified atom stereocenters. The lowest BCUT2D eigenvalue weighted by Crippen LogP contribution is -2.49. The number of benzene rings is 1. The monoisotopic (exact) mass is 359 g/mol. The van der Waals surface area contributed by atoms with Gasteiger partial charge in [-0.05, 0) is 30.7 Å². The predicted molar refractivity (Wildman–Crippen MR) is 95.8 cm³/mol. The molecule has 1 amide bonds. The molecule has 0 bridgehead atoms. The number of carbonyl (C=O) groups excluding carboxylic acids is 1. The van der Waals surface area contributed by atoms with E-state index in [-0.39, 0.29) is 11.9 Å². The Hall–Kier alpha value is -2.31. The van der Waals surface area contributed by atoms with Crippen molar-refractivity contribution in [3.63, 3.8) is 0 Å². The largest absolute Gasteiger partial charge is 0.494 e. The molecule has 140 valence electrons. The smallest absolute Gasteiger partial charge is 0.223 e. The molecule has 0 aliphatic carbocycles. The Balaban J connectivity index is 1.46. The fourth-order valence-electron chi connectivity index (χ4n) is 3.11. The van der Waals surface area contributed by atoms with Crippen molar-refractivity contribution in [2.75, 3.05) is 26.4 Å². The Morgan fingerprint density at radius 2 is 2.12 bits per heavy atom. The third-order valence-electron chi connectivity index (χ3n) is 4.46. The van der Waals surface area contributed by atoms with E-state index in [2.05, 4.69) is 0 Å². The summed E-state index contributed by atoms with van der Waals surface area (Å²) >= 11 is 0. The third-order valence-corrected chi connectivity index (χ3v) is 4.46. The number of para-hydroxylation sites is 1. The van der Waals surface area contributed by atoms with E-state index in [1.165, 1.54) is 6.26 Å². The topological polar surface area (TPSA) is 72.1 Å². The second-order valence-electron chi connectivity index (χ2n) is 6.35. The zero-order valence-electron chi connectivity index (χ0n) is 14.8. The van der Waals surface area contributed by atoms with Gasteiger partial charge in [0.05, 0.1) is 32.1 Å². The van der Waals surface area contributed by atoms with Gasteiger partial charge in [0.2, 0.25) is 5.91 Å². The van der Waals surface area contributed by atoms with E-state index in [0.717, 1.165) is 5.75 Å². The fourth-order valence-corrected chi connectivity index (χ4v) is 3.11. The molecular formula is C20H25NO5. The summed E-state index contributed by atoms with van der Waals surface area (Å²) < 4.78 is 16.4. The van der Waals surface area contributed by atoms with E-state index in [4.69, 9.17) is 13.9 Å². The summed E-state index contributed by atoms with van der Waals surface area (Å²) in [4.78, 5) is 14.4. The predicted octanol–water partition coefficient (Wildman–Crippen LogP) is 2.79. The summed E-state index contributed by atoms with van der Waals surface area (Å²) in [6.45, 7) is 2.01. The van der Waals surface area contributed by atoms with E-state index in [9.17, 15) is 9.90 Å². The van der Waals surface area contributed by atoms with Gasteiger partial charge in [-0.1, -0.05) is 18.2 Å². The van der Waals surface area contributed by atoms with Gasteiger partial charge in [0.1, 0.15) is 17.6 Å². The van der Waals surface area contributed by atoms with Gasteiger partial charge in [0, 0.05) is 19.4 Å². The number of aliphatic hydroxyl groups is 1. The Bertz CT molecular complexity index is 658. The molecule has 1 aromatic heterocycles. The van der Waals surface area contributed by atoms with Crippen LogP contribution < -0.4 is 4.74 Å². The van der Waals surface area contributed by atoms with Crippen LogP contribution in [0.25, 0.3) is 0 Å². The first-order valence-corrected chi connectivity index (χ1v) is 9.00. The van der Waals surface area contributed by atoms with Crippen LogP contribution in [0.5, 0.6) is 5.75 Å². The first kappa shape index (κ1) is 18.5. The number of carbonyl (C=O) groups is 1. The minimum absolute atomic E-state index is 0.0709. The maximum Gasteiger partial charge on any atom is 0.223 e. The standard InChI is InChI=1S/C20H25NO5/c22-18(19-8-4-12-26-19)14-16-15-24-13-10-21(16)20(23)9-5-11-25-17-6-2-1-3-7-17/h1-4,6-8,12,16,18,22H,5,9-11,13-15H2. The first-order chi connectivity index (χ1) is 12.7. The Labute approximate surface area is 153 Å². The lowest BCUT2D eigenvalue weighted by Gasteiger charge is -2.36. The molecule has 6 heteroatoms. The van der Waals surface area contributed by atoms with Crippen molar-refractivity contribution in [2.24, 2.45) is 0 Å². The molecular weight excluding hydrogens is 334 g/mol. The van der Waals surface area contributed by atoms with E-state index >= 15 is 0 Å². The maximum absolute atomic E-state index is 12.6. The number of aliphatic hydroxyl groups excluding tert-OH is 1. The molecule has 1 N–H and O–H groups in total. The lowest BCUT2D eigenvalue weighted by molar-refractivity contribution is -0.141. The second-order valence-corrected chi connectivity index (χ2v) is 6.35. The zero-order chi connectivity index (χ0) is 18.2. The molecule has 0 radical (unpaired) electrons. The Kier molecular flexibility index (Phi) is 6.68. The minimum atomic E-state index is -0.742. The summed E-state index contributed by atoms with van der Waals surface area (Å²) in [5.41, 5.74) is 0. The number of furan rings is 1. The summed E-state index contributed by atoms with van der Waals surface area (Å²) in [5, 5.41) is 10.3. The fraction of sp³-hybridized carbons (Fsp3) is 0.450. The van der Waals surface area contributed by atoms with Crippen molar-refractivity contribution in [1.82, 2.24) is 4.90 Å². The van der Waals surface area contributed by atoms with Crippen molar-refractivity contribution in [2.45, 2.75) is 31.4 Å². The van der Waals surface area contributed by atoms with Crippen molar-refractivity contribution >= 4 is 5.91 Å². The van der Waals surface area contributed by atoms with Gasteiger partial charge in [0.15, 0.2) is 0 Å². The van der Waals surface area contributed by atoms with E-state index in [0.29, 0.717) is 51.4 Å². The van der Waals surface area contributed by atoms with Crippen LogP contribution in [0.15, 0.2) is 53.1 Å². The van der Waals surface area contributed by atoms with Gasteiger partial charge in [-0.15, -0.1) is 0 Å². The number of nitrogens with zero attached hydrogens (tertiary/aromatic N) is 1. The number of hydrogen-bond acceptors (Lipinski definition) is 5. The first-order valence-electron chi connectivity index (χ1n) is 9.00. The maximum atomic E-state index is 12.6. The van der Waals surface area contributed by atoms with Crippen LogP contribution >= 0.6 is 0 Å². The summed E-state index contributed by atoms with van der Waals surface area (Å²) in [7, 11) is 0. The number of amides is 1. The molecule has 1 aromatic carbocycles. The minimum Gasteiger partial charge on any atom is -0.494 e. The van der Waals surface area contributed by atoms with Gasteiger partial charge in [-0.2, -0.15) is 0 Å². The average molecular weight is 359 g/mol. The van der Waals surface area contributed by atoms with Crippen LogP contribution in [0, 0.1) is 0 Å². The number of rotatable bonds is 8. The van der Waals surface area contributed by atoms with Crippen molar-refractivity contribution in [3.05, 3.63) is 54.5 Å². The molecule has 26 heavy (non-hydrogen) atoms. The lowest BCUT2D eigenvalue weighted by atomic mass is 10.0. The van der Waals surface area contributed by atoms with Gasteiger partial charge >= 0.3 is 0 Å². The molecule has 0 saturated carbocycles. The van der Waals surface area contributed by atoms with Crippen LogP contribution in [0.3, 0.4) is 0 Å². The molecule has 1 aliphatic rings. The molecule has 1 aliphatic heterocycles. The average Bonchev–Trinajstić information content (AvgIpc) is 3.21. The summed E-state index contributed by atoms with van der Waals surface area (Å²) in [5.74, 6) is 1.40.